The van der Waals surface area contributed by atoms with Crippen LogP contribution >= 0.6 is 0 Å². The molecule has 2 aromatic rings. The molecule has 0 bridgehead atoms. The molecule has 3 rings (SSSR count). The Hall–Kier alpha value is -0.677. The van der Waals surface area contributed by atoms with Crippen LogP contribution in [0.3, 0.4) is 0 Å². The molecule has 0 spiro atoms. The van der Waals surface area contributed by atoms with E-state index in [1.165, 1.54) is 11.1 Å². The van der Waals surface area contributed by atoms with E-state index >= 15 is 0 Å². The van der Waals surface area contributed by atoms with Crippen LogP contribution in [0.15, 0.2) is 48.5 Å². The number of fused-ring (bicyclic) bond motifs is 3. The molecular formula is C12H9Bi. The maximum atomic E-state index is 2.30. The molecule has 0 nitrogen and oxygen atoms in total. The molecule has 1 aliphatic rings. The molecule has 0 saturated heterocycles. The van der Waals surface area contributed by atoms with Crippen LogP contribution in [-0.4, -0.2) is 23.2 Å². The Bertz CT molecular complexity index is 417. The molecule has 13 heavy (non-hydrogen) atoms. The predicted octanol–water partition coefficient (Wildman–Crippen LogP) is 1.05. The third-order valence-electron chi connectivity index (χ3n) is 2.41. The molecule has 1 heterocycles. The molecule has 0 saturated carbocycles. The van der Waals surface area contributed by atoms with Gasteiger partial charge in [-0.1, -0.05) is 0 Å². The standard InChI is InChI=1S/C12H8.Bi.H/c1-3-7-11(8-4-1)12-9-5-2-6-10-12;;/h1-7,9H;;. The molecule has 0 atom stereocenters. The van der Waals surface area contributed by atoms with Gasteiger partial charge in [0.15, 0.2) is 0 Å². The second kappa shape index (κ2) is 2.92. The summed E-state index contributed by atoms with van der Waals surface area (Å²) in [6, 6.07) is 17.7. The van der Waals surface area contributed by atoms with Gasteiger partial charge < -0.3 is 0 Å². The average molecular weight is 362 g/mol. The normalized spacial score (nSPS) is 12.3. The Balaban J connectivity index is 2.32. The summed E-state index contributed by atoms with van der Waals surface area (Å²) >= 11 is -0.665. The van der Waals surface area contributed by atoms with Crippen LogP contribution in [0.1, 0.15) is 0 Å². The van der Waals surface area contributed by atoms with Crippen molar-refractivity contribution in [2.24, 2.45) is 0 Å². The van der Waals surface area contributed by atoms with E-state index in [4.69, 9.17) is 0 Å². The van der Waals surface area contributed by atoms with E-state index in [1.54, 1.807) is 6.54 Å². The van der Waals surface area contributed by atoms with Gasteiger partial charge in [0.1, 0.15) is 0 Å². The van der Waals surface area contributed by atoms with Gasteiger partial charge in [-0.2, -0.15) is 0 Å². The van der Waals surface area contributed by atoms with Crippen LogP contribution in [0.25, 0.3) is 11.1 Å². The third-order valence-corrected chi connectivity index (χ3v) is 7.90. The van der Waals surface area contributed by atoms with Gasteiger partial charge in [-0.25, -0.2) is 0 Å². The van der Waals surface area contributed by atoms with Gasteiger partial charge in [0.25, 0.3) is 0 Å². The Morgan fingerprint density at radius 2 is 1.08 bits per heavy atom. The summed E-state index contributed by atoms with van der Waals surface area (Å²) in [6.45, 7) is 0. The zero-order valence-corrected chi connectivity index (χ0v) is 11.0. The molecule has 0 fully saturated rings. The number of rotatable bonds is 0. The summed E-state index contributed by atoms with van der Waals surface area (Å²) in [7, 11) is 0. The maximum absolute atomic E-state index is 2.30. The Morgan fingerprint density at radius 3 is 1.62 bits per heavy atom. The first-order chi connectivity index (χ1) is 6.45. The van der Waals surface area contributed by atoms with Crippen molar-refractivity contribution in [3.05, 3.63) is 48.5 Å². The summed E-state index contributed by atoms with van der Waals surface area (Å²) in [6.07, 6.45) is 0. The van der Waals surface area contributed by atoms with E-state index in [0.717, 1.165) is 0 Å². The Kier molecular flexibility index (Phi) is 1.73. The van der Waals surface area contributed by atoms with Crippen LogP contribution in [0.4, 0.5) is 0 Å². The van der Waals surface area contributed by atoms with Crippen molar-refractivity contribution in [3.8, 4) is 11.1 Å². The number of hydrogen-bond acceptors (Lipinski definition) is 0. The summed E-state index contributed by atoms with van der Waals surface area (Å²) in [4.78, 5) is 0. The second-order valence-electron chi connectivity index (χ2n) is 3.22. The fourth-order valence-electron chi connectivity index (χ4n) is 1.80. The fraction of sp³-hybridized carbons (Fsp3) is 0. The van der Waals surface area contributed by atoms with Gasteiger partial charge in [0.05, 0.1) is 0 Å². The van der Waals surface area contributed by atoms with E-state index < -0.39 is 23.2 Å². The molecule has 0 unspecified atom stereocenters. The van der Waals surface area contributed by atoms with Crippen LogP contribution < -0.4 is 6.54 Å². The van der Waals surface area contributed by atoms with E-state index in [2.05, 4.69) is 48.5 Å². The Morgan fingerprint density at radius 1 is 0.615 bits per heavy atom. The van der Waals surface area contributed by atoms with Crippen LogP contribution in [0.5, 0.6) is 0 Å². The van der Waals surface area contributed by atoms with Gasteiger partial charge in [-0.05, 0) is 0 Å². The molecule has 0 radical (unpaired) electrons. The van der Waals surface area contributed by atoms with Crippen molar-refractivity contribution < 1.29 is 0 Å². The summed E-state index contributed by atoms with van der Waals surface area (Å²) in [5.41, 5.74) is 3.00. The molecule has 62 valence electrons. The monoisotopic (exact) mass is 362 g/mol. The van der Waals surface area contributed by atoms with Crippen LogP contribution in [0.2, 0.25) is 0 Å². The van der Waals surface area contributed by atoms with Crippen molar-refractivity contribution in [1.82, 2.24) is 0 Å². The molecule has 0 aromatic heterocycles. The zero-order chi connectivity index (χ0) is 8.67. The van der Waals surface area contributed by atoms with Gasteiger partial charge in [0.2, 0.25) is 0 Å². The number of hydrogen-bond donors (Lipinski definition) is 0. The van der Waals surface area contributed by atoms with Crippen molar-refractivity contribution in [2.75, 3.05) is 0 Å². The molecule has 1 aliphatic heterocycles. The van der Waals surface area contributed by atoms with E-state index in [9.17, 15) is 0 Å². The SMILES string of the molecule is c1ccc2[c](c1)[BiH][c]1ccccc1-2. The van der Waals surface area contributed by atoms with Gasteiger partial charge in [0, 0.05) is 0 Å². The van der Waals surface area contributed by atoms with Gasteiger partial charge in [-0.3, -0.25) is 0 Å². The third kappa shape index (κ3) is 1.14. The van der Waals surface area contributed by atoms with E-state index in [0.29, 0.717) is 0 Å². The minimum absolute atomic E-state index is 0.665. The zero-order valence-electron chi connectivity index (χ0n) is 7.12. The topological polar surface area (TPSA) is 0 Å². The summed E-state index contributed by atoms with van der Waals surface area (Å²) in [5, 5.41) is 0. The van der Waals surface area contributed by atoms with Crippen molar-refractivity contribution >= 4 is 29.8 Å². The summed E-state index contributed by atoms with van der Waals surface area (Å²) < 4.78 is 3.31. The average Bonchev–Trinajstić information content (AvgIpc) is 2.56. The molecule has 1 heteroatoms. The first-order valence-electron chi connectivity index (χ1n) is 4.40. The molecule has 0 N–H and O–H groups in total. The van der Waals surface area contributed by atoms with Crippen LogP contribution in [0, 0.1) is 0 Å². The molecule has 2 aromatic carbocycles. The fourth-order valence-corrected chi connectivity index (χ4v) is 7.07. The number of benzene rings is 2. The molecule has 0 amide bonds. The summed E-state index contributed by atoms with van der Waals surface area (Å²) in [5.74, 6) is 0. The molecule has 0 aliphatic carbocycles. The molecular weight excluding hydrogens is 353 g/mol. The van der Waals surface area contributed by atoms with E-state index in [1.807, 2.05) is 0 Å². The van der Waals surface area contributed by atoms with Gasteiger partial charge >= 0.3 is 89.4 Å². The minimum atomic E-state index is -0.665. The first-order valence-corrected chi connectivity index (χ1v) is 8.29. The first kappa shape index (κ1) is 7.70. The van der Waals surface area contributed by atoms with Crippen molar-refractivity contribution in [1.29, 1.82) is 0 Å². The predicted molar refractivity (Wildman–Crippen MR) is 58.3 cm³/mol. The quantitative estimate of drug-likeness (QED) is 0.525. The van der Waals surface area contributed by atoms with Gasteiger partial charge in [-0.15, -0.1) is 0 Å². The second-order valence-corrected chi connectivity index (χ2v) is 8.38. The van der Waals surface area contributed by atoms with Crippen molar-refractivity contribution in [3.63, 3.8) is 0 Å². The Labute approximate surface area is 89.2 Å². The van der Waals surface area contributed by atoms with E-state index in [-0.39, 0.29) is 0 Å². The van der Waals surface area contributed by atoms with Crippen LogP contribution in [-0.2, 0) is 0 Å². The van der Waals surface area contributed by atoms with Crippen molar-refractivity contribution in [2.45, 2.75) is 0 Å².